The number of hydrogen-bond acceptors (Lipinski definition) is 5. The number of hydrogen-bond donors (Lipinski definition) is 2. The van der Waals surface area contributed by atoms with Crippen LogP contribution < -0.4 is 5.32 Å². The zero-order valence-electron chi connectivity index (χ0n) is 16.1. The second-order valence-electron chi connectivity index (χ2n) is 9.58. The number of aliphatic hydroxyl groups is 1. The van der Waals surface area contributed by atoms with Gasteiger partial charge in [-0.1, -0.05) is 6.07 Å². The van der Waals surface area contributed by atoms with E-state index in [9.17, 15) is 18.3 Å². The Kier molecular flexibility index (Phi) is 4.26. The lowest BCUT2D eigenvalue weighted by Crippen LogP contribution is -2.65. The maximum absolute atomic E-state index is 13.4. The highest BCUT2D eigenvalue weighted by molar-refractivity contribution is 7.91. The predicted octanol–water partition coefficient (Wildman–Crippen LogP) is 2.35. The molecular weight excluding hydrogens is 396 g/mol. The molecule has 0 spiro atoms. The van der Waals surface area contributed by atoms with E-state index in [-0.39, 0.29) is 11.9 Å². The van der Waals surface area contributed by atoms with Crippen molar-refractivity contribution in [3.8, 4) is 0 Å². The second kappa shape index (κ2) is 6.27. The summed E-state index contributed by atoms with van der Waals surface area (Å²) >= 11 is 1.19. The van der Waals surface area contributed by atoms with Crippen LogP contribution in [0, 0.1) is 17.8 Å². The van der Waals surface area contributed by atoms with Crippen LogP contribution in [-0.2, 0) is 14.8 Å². The number of carbonyl (C=O) groups is 1. The monoisotopic (exact) mass is 424 g/mol. The Hall–Kier alpha value is -0.960. The number of carbonyl (C=O) groups excluding carboxylic acids is 1. The minimum Gasteiger partial charge on any atom is -0.390 e. The van der Waals surface area contributed by atoms with Crippen molar-refractivity contribution in [3.63, 3.8) is 0 Å². The standard InChI is InChI=1S/C20H28N2O4S2/c1-19(5-3-6-22(19)28(25,26)16-4-2-7-27-16)18(23)21-17-14-8-13-9-15(17)12-20(24,10-13)11-14/h2,4,7,13-15,17,24H,3,5-6,8-12H2,1H3,(H,21,23)/t13?,14?,15?,17?,19-,20?/m1/s1. The molecule has 1 aromatic heterocycles. The van der Waals surface area contributed by atoms with Crippen molar-refractivity contribution in [1.82, 2.24) is 9.62 Å². The Labute approximate surface area is 170 Å². The van der Waals surface area contributed by atoms with Crippen LogP contribution in [0.3, 0.4) is 0 Å². The van der Waals surface area contributed by atoms with Crippen LogP contribution in [-0.4, -0.2) is 47.5 Å². The molecule has 0 radical (unpaired) electrons. The van der Waals surface area contributed by atoms with Gasteiger partial charge in [0.05, 0.1) is 5.60 Å². The van der Waals surface area contributed by atoms with Crippen LogP contribution in [0.4, 0.5) is 0 Å². The lowest BCUT2D eigenvalue weighted by atomic mass is 9.52. The molecule has 0 aromatic carbocycles. The summed E-state index contributed by atoms with van der Waals surface area (Å²) in [5.41, 5.74) is -1.59. The van der Waals surface area contributed by atoms with Gasteiger partial charge in [-0.2, -0.15) is 4.31 Å². The molecule has 2 unspecified atom stereocenters. The van der Waals surface area contributed by atoms with Crippen LogP contribution in [0.2, 0.25) is 0 Å². The van der Waals surface area contributed by atoms with Crippen LogP contribution >= 0.6 is 11.3 Å². The van der Waals surface area contributed by atoms with Gasteiger partial charge < -0.3 is 10.4 Å². The summed E-state index contributed by atoms with van der Waals surface area (Å²) in [5, 5.41) is 15.8. The number of amides is 1. The zero-order valence-corrected chi connectivity index (χ0v) is 17.8. The van der Waals surface area contributed by atoms with Gasteiger partial charge in [0, 0.05) is 12.6 Å². The Morgan fingerprint density at radius 2 is 2.00 bits per heavy atom. The van der Waals surface area contributed by atoms with Gasteiger partial charge in [0.15, 0.2) is 0 Å². The molecule has 1 amide bonds. The number of thiophene rings is 1. The maximum Gasteiger partial charge on any atom is 0.253 e. The fraction of sp³-hybridized carbons (Fsp3) is 0.750. The molecule has 154 valence electrons. The van der Waals surface area contributed by atoms with Crippen molar-refractivity contribution in [2.45, 2.75) is 73.3 Å². The van der Waals surface area contributed by atoms with E-state index in [0.717, 1.165) is 32.1 Å². The van der Waals surface area contributed by atoms with E-state index in [0.29, 0.717) is 41.3 Å². The highest BCUT2D eigenvalue weighted by Crippen LogP contribution is 2.55. The van der Waals surface area contributed by atoms with Crippen molar-refractivity contribution < 1.29 is 18.3 Å². The van der Waals surface area contributed by atoms with E-state index in [1.807, 2.05) is 0 Å². The van der Waals surface area contributed by atoms with Gasteiger partial charge in [0.1, 0.15) is 9.75 Å². The first-order chi connectivity index (χ1) is 13.2. The predicted molar refractivity (Wildman–Crippen MR) is 106 cm³/mol. The van der Waals surface area contributed by atoms with E-state index in [1.54, 1.807) is 24.4 Å². The Bertz CT molecular complexity index is 868. The van der Waals surface area contributed by atoms with E-state index in [1.165, 1.54) is 15.6 Å². The summed E-state index contributed by atoms with van der Waals surface area (Å²) in [6.07, 6.45) is 5.80. The molecule has 1 saturated heterocycles. The summed E-state index contributed by atoms with van der Waals surface area (Å²) in [4.78, 5) is 13.4. The lowest BCUT2D eigenvalue weighted by Gasteiger charge is -2.58. The number of rotatable bonds is 4. The van der Waals surface area contributed by atoms with Gasteiger partial charge in [-0.25, -0.2) is 8.42 Å². The summed E-state index contributed by atoms with van der Waals surface area (Å²) in [6.45, 7) is 2.15. The molecule has 4 aliphatic carbocycles. The van der Waals surface area contributed by atoms with Crippen molar-refractivity contribution in [3.05, 3.63) is 17.5 Å². The maximum atomic E-state index is 13.4. The molecule has 28 heavy (non-hydrogen) atoms. The molecule has 1 aromatic rings. The third kappa shape index (κ3) is 2.79. The topological polar surface area (TPSA) is 86.7 Å². The molecule has 6 nitrogen and oxygen atoms in total. The Morgan fingerprint density at radius 1 is 1.29 bits per heavy atom. The fourth-order valence-corrected chi connectivity index (χ4v) is 9.51. The van der Waals surface area contributed by atoms with Gasteiger partial charge in [0.2, 0.25) is 5.91 Å². The SMILES string of the molecule is C[C@]1(C(=O)NC2C3CC4CC2CC(O)(C4)C3)CCCN1S(=O)(=O)c1cccs1. The van der Waals surface area contributed by atoms with Crippen LogP contribution in [0.25, 0.3) is 0 Å². The van der Waals surface area contributed by atoms with Crippen molar-refractivity contribution in [2.24, 2.45) is 17.8 Å². The highest BCUT2D eigenvalue weighted by atomic mass is 32.2. The molecule has 2 N–H and O–H groups in total. The Morgan fingerprint density at radius 3 is 2.61 bits per heavy atom. The minimum absolute atomic E-state index is 0.0630. The molecule has 1 aliphatic heterocycles. The van der Waals surface area contributed by atoms with E-state index in [4.69, 9.17) is 0 Å². The lowest BCUT2D eigenvalue weighted by molar-refractivity contribution is -0.150. The smallest absolute Gasteiger partial charge is 0.253 e. The van der Waals surface area contributed by atoms with Crippen LogP contribution in [0.15, 0.2) is 21.7 Å². The average Bonchev–Trinajstić information content (AvgIpc) is 3.27. The molecule has 4 bridgehead atoms. The largest absolute Gasteiger partial charge is 0.390 e. The van der Waals surface area contributed by atoms with Crippen molar-refractivity contribution >= 4 is 27.3 Å². The summed E-state index contributed by atoms with van der Waals surface area (Å²) in [5.74, 6) is 1.03. The first-order valence-corrected chi connectivity index (χ1v) is 12.6. The number of nitrogens with one attached hydrogen (secondary N) is 1. The number of nitrogens with zero attached hydrogens (tertiary/aromatic N) is 1. The third-order valence-corrected chi connectivity index (χ3v) is 11.0. The van der Waals surface area contributed by atoms with Gasteiger partial charge in [-0.15, -0.1) is 11.3 Å². The van der Waals surface area contributed by atoms with E-state index < -0.39 is 21.2 Å². The second-order valence-corrected chi connectivity index (χ2v) is 12.6. The molecule has 8 heteroatoms. The number of sulfonamides is 1. The average molecular weight is 425 g/mol. The first-order valence-electron chi connectivity index (χ1n) is 10.3. The van der Waals surface area contributed by atoms with Crippen molar-refractivity contribution in [1.29, 1.82) is 0 Å². The fourth-order valence-electron chi connectivity index (χ4n) is 6.59. The molecular formula is C20H28N2O4S2. The highest BCUT2D eigenvalue weighted by Gasteiger charge is 2.57. The molecule has 5 fully saturated rings. The van der Waals surface area contributed by atoms with Crippen LogP contribution in [0.1, 0.15) is 51.9 Å². The van der Waals surface area contributed by atoms with Crippen LogP contribution in [0.5, 0.6) is 0 Å². The molecule has 2 heterocycles. The Balaban J connectivity index is 1.37. The third-order valence-electron chi connectivity index (χ3n) is 7.64. The van der Waals surface area contributed by atoms with Gasteiger partial charge in [0.25, 0.3) is 10.0 Å². The zero-order chi connectivity index (χ0) is 19.7. The molecule has 4 saturated carbocycles. The quantitative estimate of drug-likeness (QED) is 0.777. The van der Waals surface area contributed by atoms with Gasteiger partial charge in [-0.3, -0.25) is 4.79 Å². The van der Waals surface area contributed by atoms with E-state index in [2.05, 4.69) is 5.32 Å². The summed E-state index contributed by atoms with van der Waals surface area (Å²) < 4.78 is 27.9. The first kappa shape index (κ1) is 19.0. The van der Waals surface area contributed by atoms with Gasteiger partial charge in [-0.05, 0) is 81.1 Å². The minimum atomic E-state index is -3.67. The summed E-state index contributed by atoms with van der Waals surface area (Å²) in [7, 11) is -3.67. The molecule has 3 atom stereocenters. The summed E-state index contributed by atoms with van der Waals surface area (Å²) in [6, 6.07) is 3.40. The van der Waals surface area contributed by atoms with Gasteiger partial charge >= 0.3 is 0 Å². The van der Waals surface area contributed by atoms with E-state index >= 15 is 0 Å². The molecule has 6 rings (SSSR count). The normalized spacial score (nSPS) is 42.8. The molecule has 5 aliphatic rings. The van der Waals surface area contributed by atoms with Crippen molar-refractivity contribution in [2.75, 3.05) is 6.54 Å².